The molecule has 2 aromatic rings. The summed E-state index contributed by atoms with van der Waals surface area (Å²) in [6.07, 6.45) is 1.89. The third kappa shape index (κ3) is 3.12. The fourth-order valence-corrected chi connectivity index (χ4v) is 2.25. The summed E-state index contributed by atoms with van der Waals surface area (Å²) in [5.74, 6) is 0. The van der Waals surface area contributed by atoms with E-state index in [0.717, 1.165) is 23.2 Å². The third-order valence-corrected chi connectivity index (χ3v) is 3.12. The number of benzene rings is 1. The maximum atomic E-state index is 11.7. The average molecular weight is 256 g/mol. The number of hydrogen-bond acceptors (Lipinski definition) is 2. The first kappa shape index (κ1) is 13.6. The van der Waals surface area contributed by atoms with Gasteiger partial charge < -0.3 is 9.47 Å². The van der Waals surface area contributed by atoms with Crippen LogP contribution in [0.4, 0.5) is 0 Å². The predicted octanol–water partition coefficient (Wildman–Crippen LogP) is 2.42. The van der Waals surface area contributed by atoms with Crippen LogP contribution in [-0.2, 0) is 13.6 Å². The van der Waals surface area contributed by atoms with Gasteiger partial charge in [-0.25, -0.2) is 0 Å². The summed E-state index contributed by atoms with van der Waals surface area (Å²) >= 11 is 0. The molecule has 2 rings (SSSR count). The van der Waals surface area contributed by atoms with Gasteiger partial charge in [0.25, 0.3) is 5.56 Å². The van der Waals surface area contributed by atoms with Gasteiger partial charge in [-0.1, -0.05) is 18.2 Å². The van der Waals surface area contributed by atoms with E-state index >= 15 is 0 Å². The van der Waals surface area contributed by atoms with Crippen molar-refractivity contribution in [2.45, 2.75) is 13.5 Å². The molecular formula is C16H20N2O. The molecule has 100 valence electrons. The number of hydrogen-bond donors (Lipinski definition) is 0. The molecular weight excluding hydrogens is 236 g/mol. The lowest BCUT2D eigenvalue weighted by atomic mass is 10.0. The lowest BCUT2D eigenvalue weighted by molar-refractivity contribution is 0.402. The number of aromatic nitrogens is 1. The summed E-state index contributed by atoms with van der Waals surface area (Å²) in [6, 6.07) is 10.4. The summed E-state index contributed by atoms with van der Waals surface area (Å²) in [5, 5.41) is 0. The first-order valence-corrected chi connectivity index (χ1v) is 6.38. The molecule has 0 aliphatic heterocycles. The molecule has 1 aromatic carbocycles. The van der Waals surface area contributed by atoms with Crippen molar-refractivity contribution in [2.75, 3.05) is 14.1 Å². The van der Waals surface area contributed by atoms with Gasteiger partial charge in [-0.05, 0) is 49.8 Å². The molecule has 0 fully saturated rings. The normalized spacial score (nSPS) is 11.0. The van der Waals surface area contributed by atoms with Crippen molar-refractivity contribution in [1.82, 2.24) is 9.47 Å². The maximum absolute atomic E-state index is 11.7. The Morgan fingerprint density at radius 1 is 1.16 bits per heavy atom. The van der Waals surface area contributed by atoms with Crippen molar-refractivity contribution >= 4 is 0 Å². The fraction of sp³-hybridized carbons (Fsp3) is 0.312. The lowest BCUT2D eigenvalue weighted by Gasteiger charge is -2.12. The third-order valence-electron chi connectivity index (χ3n) is 3.12. The van der Waals surface area contributed by atoms with Crippen molar-refractivity contribution in [3.05, 3.63) is 58.0 Å². The Morgan fingerprint density at radius 3 is 2.53 bits per heavy atom. The van der Waals surface area contributed by atoms with E-state index < -0.39 is 0 Å². The molecule has 1 heterocycles. The first-order valence-electron chi connectivity index (χ1n) is 6.38. The fourth-order valence-electron chi connectivity index (χ4n) is 2.25. The van der Waals surface area contributed by atoms with Crippen molar-refractivity contribution < 1.29 is 0 Å². The van der Waals surface area contributed by atoms with Crippen molar-refractivity contribution in [3.63, 3.8) is 0 Å². The highest BCUT2D eigenvalue weighted by Gasteiger charge is 2.04. The summed E-state index contributed by atoms with van der Waals surface area (Å²) in [4.78, 5) is 13.9. The SMILES string of the molecule is Cc1cc(-c2cccc(CN(C)C)c2)cn(C)c1=O. The van der Waals surface area contributed by atoms with Crippen LogP contribution in [0.3, 0.4) is 0 Å². The van der Waals surface area contributed by atoms with Crippen LogP contribution in [0.25, 0.3) is 11.1 Å². The molecule has 0 bridgehead atoms. The van der Waals surface area contributed by atoms with Crippen LogP contribution >= 0.6 is 0 Å². The number of aryl methyl sites for hydroxylation is 2. The minimum atomic E-state index is 0.0631. The van der Waals surface area contributed by atoms with Gasteiger partial charge in [0.15, 0.2) is 0 Å². The quantitative estimate of drug-likeness (QED) is 0.842. The van der Waals surface area contributed by atoms with E-state index in [4.69, 9.17) is 0 Å². The monoisotopic (exact) mass is 256 g/mol. The lowest BCUT2D eigenvalue weighted by Crippen LogP contribution is -2.18. The predicted molar refractivity (Wildman–Crippen MR) is 79.2 cm³/mol. The Hall–Kier alpha value is -1.87. The van der Waals surface area contributed by atoms with E-state index in [1.165, 1.54) is 5.56 Å². The van der Waals surface area contributed by atoms with E-state index in [1.54, 1.807) is 11.6 Å². The molecule has 0 saturated carbocycles. The van der Waals surface area contributed by atoms with Crippen molar-refractivity contribution in [1.29, 1.82) is 0 Å². The standard InChI is InChI=1S/C16H20N2O/c1-12-8-15(11-18(4)16(12)19)14-7-5-6-13(9-14)10-17(2)3/h5-9,11H,10H2,1-4H3. The van der Waals surface area contributed by atoms with Crippen LogP contribution in [0.5, 0.6) is 0 Å². The van der Waals surface area contributed by atoms with Crippen LogP contribution in [0.1, 0.15) is 11.1 Å². The Bertz CT molecular complexity index is 615. The van der Waals surface area contributed by atoms with Gasteiger partial charge in [-0.15, -0.1) is 0 Å². The Kier molecular flexibility index (Phi) is 3.86. The second-order valence-electron chi connectivity index (χ2n) is 5.27. The number of nitrogens with zero attached hydrogens (tertiary/aromatic N) is 2. The molecule has 0 radical (unpaired) electrons. The first-order chi connectivity index (χ1) is 8.97. The minimum absolute atomic E-state index is 0.0631. The molecule has 0 atom stereocenters. The minimum Gasteiger partial charge on any atom is -0.318 e. The summed E-state index contributed by atoms with van der Waals surface area (Å²) < 4.78 is 1.64. The smallest absolute Gasteiger partial charge is 0.253 e. The molecule has 1 aromatic heterocycles. The van der Waals surface area contributed by atoms with Crippen LogP contribution in [0, 0.1) is 6.92 Å². The van der Waals surface area contributed by atoms with Gasteiger partial charge >= 0.3 is 0 Å². The molecule has 0 N–H and O–H groups in total. The van der Waals surface area contributed by atoms with Crippen LogP contribution < -0.4 is 5.56 Å². The summed E-state index contributed by atoms with van der Waals surface area (Å²) in [5.41, 5.74) is 4.35. The van der Waals surface area contributed by atoms with Crippen LogP contribution in [0.15, 0.2) is 41.3 Å². The summed E-state index contributed by atoms with van der Waals surface area (Å²) in [7, 11) is 5.91. The molecule has 0 unspecified atom stereocenters. The van der Waals surface area contributed by atoms with Gasteiger partial charge in [0.05, 0.1) is 0 Å². The molecule has 19 heavy (non-hydrogen) atoms. The molecule has 0 saturated heterocycles. The highest BCUT2D eigenvalue weighted by atomic mass is 16.1. The average Bonchev–Trinajstić information content (AvgIpc) is 2.35. The molecule has 3 heteroatoms. The van der Waals surface area contributed by atoms with Crippen LogP contribution in [0.2, 0.25) is 0 Å². The van der Waals surface area contributed by atoms with Crippen LogP contribution in [-0.4, -0.2) is 23.6 Å². The van der Waals surface area contributed by atoms with E-state index in [0.29, 0.717) is 0 Å². The van der Waals surface area contributed by atoms with Crippen molar-refractivity contribution in [3.8, 4) is 11.1 Å². The Labute approximate surface area is 114 Å². The van der Waals surface area contributed by atoms with E-state index in [1.807, 2.05) is 19.2 Å². The van der Waals surface area contributed by atoms with E-state index in [-0.39, 0.29) is 5.56 Å². The van der Waals surface area contributed by atoms with E-state index in [2.05, 4.69) is 43.3 Å². The zero-order chi connectivity index (χ0) is 14.0. The zero-order valence-corrected chi connectivity index (χ0v) is 12.0. The molecule has 0 aliphatic carbocycles. The largest absolute Gasteiger partial charge is 0.318 e. The van der Waals surface area contributed by atoms with Gasteiger partial charge in [0.1, 0.15) is 0 Å². The second kappa shape index (κ2) is 5.41. The number of pyridine rings is 1. The topological polar surface area (TPSA) is 25.2 Å². The van der Waals surface area contributed by atoms with Gasteiger partial charge in [0.2, 0.25) is 0 Å². The Morgan fingerprint density at radius 2 is 1.89 bits per heavy atom. The van der Waals surface area contributed by atoms with Gasteiger partial charge in [-0.3, -0.25) is 4.79 Å². The van der Waals surface area contributed by atoms with Gasteiger partial charge in [-0.2, -0.15) is 0 Å². The number of rotatable bonds is 3. The molecule has 0 spiro atoms. The van der Waals surface area contributed by atoms with E-state index in [9.17, 15) is 4.79 Å². The molecule has 0 aliphatic rings. The maximum Gasteiger partial charge on any atom is 0.253 e. The molecule has 3 nitrogen and oxygen atoms in total. The van der Waals surface area contributed by atoms with Gasteiger partial charge in [0, 0.05) is 25.4 Å². The molecule has 0 amide bonds. The highest BCUT2D eigenvalue weighted by Crippen LogP contribution is 2.20. The second-order valence-corrected chi connectivity index (χ2v) is 5.27. The van der Waals surface area contributed by atoms with Crippen molar-refractivity contribution in [2.24, 2.45) is 7.05 Å². The summed E-state index contributed by atoms with van der Waals surface area (Å²) in [6.45, 7) is 2.77. The highest BCUT2D eigenvalue weighted by molar-refractivity contribution is 5.63. The zero-order valence-electron chi connectivity index (χ0n) is 12.0. The Balaban J connectivity index is 2.44.